The molecule has 1 fully saturated rings. The van der Waals surface area contributed by atoms with Gasteiger partial charge >= 0.3 is 11.9 Å². The van der Waals surface area contributed by atoms with Crippen molar-refractivity contribution in [3.05, 3.63) is 72.0 Å². The van der Waals surface area contributed by atoms with Crippen LogP contribution in [0.4, 0.5) is 0 Å². The summed E-state index contributed by atoms with van der Waals surface area (Å²) in [7, 11) is 2.82. The SMILES string of the molecule is C=C1C(=O)N[C@H](C)C(=O)N[C@@H](CCCN=C(N)N)C(=O)N[C@@H](C(=O)O)[C@H](C)C(=O)N[C@@H](C(C)C)C(=O)N[C@@H](/C=C/C(C)=C/[C@H](C)[C@H](Cc2ccccc2)OC)[C@H](C)C(=O)N[C@@H](C(=O)O)CCC(=O)N1C. The Morgan fingerprint density at radius 1 is 0.857 bits per heavy atom. The van der Waals surface area contributed by atoms with Gasteiger partial charge in [0.15, 0.2) is 5.96 Å². The fourth-order valence-corrected chi connectivity index (χ4v) is 7.26. The van der Waals surface area contributed by atoms with Crippen molar-refractivity contribution in [3.63, 3.8) is 0 Å². The number of carbonyl (C=O) groups excluding carboxylic acids is 7. The number of carbonyl (C=O) groups is 9. The van der Waals surface area contributed by atoms with Gasteiger partial charge in [-0.05, 0) is 51.0 Å². The van der Waals surface area contributed by atoms with Gasteiger partial charge in [0.1, 0.15) is 35.9 Å². The predicted octanol–water partition coefficient (Wildman–Crippen LogP) is 0.228. The van der Waals surface area contributed by atoms with Crippen LogP contribution in [0.3, 0.4) is 0 Å². The van der Waals surface area contributed by atoms with Crippen LogP contribution < -0.4 is 43.4 Å². The van der Waals surface area contributed by atoms with E-state index in [1.165, 1.54) is 27.8 Å². The molecule has 1 aromatic rings. The highest BCUT2D eigenvalue weighted by Crippen LogP contribution is 2.19. The van der Waals surface area contributed by atoms with Crippen molar-refractivity contribution >= 4 is 59.2 Å². The van der Waals surface area contributed by atoms with Gasteiger partial charge in [0.25, 0.3) is 5.91 Å². The quantitative estimate of drug-likeness (QED) is 0.0393. The van der Waals surface area contributed by atoms with Crippen molar-refractivity contribution in [2.45, 2.75) is 123 Å². The van der Waals surface area contributed by atoms with Crippen molar-refractivity contribution in [3.8, 4) is 0 Å². The van der Waals surface area contributed by atoms with Crippen molar-refractivity contribution in [1.29, 1.82) is 0 Å². The average molecular weight is 981 g/mol. The number of hydrogen-bond acceptors (Lipinski definition) is 11. The summed E-state index contributed by atoms with van der Waals surface area (Å²) in [6, 6.07) is 0.988. The highest BCUT2D eigenvalue weighted by Gasteiger charge is 2.38. The molecule has 2 rings (SSSR count). The van der Waals surface area contributed by atoms with Crippen LogP contribution >= 0.6 is 0 Å². The molecule has 1 heterocycles. The number of nitrogens with zero attached hydrogens (tertiary/aromatic N) is 2. The van der Waals surface area contributed by atoms with Gasteiger partial charge < -0.3 is 63.2 Å². The molecule has 12 N–H and O–H groups in total. The topological polar surface area (TPSA) is 343 Å². The molecule has 1 aliphatic heterocycles. The van der Waals surface area contributed by atoms with Gasteiger partial charge in [-0.2, -0.15) is 0 Å². The number of amides is 7. The Morgan fingerprint density at radius 3 is 2.06 bits per heavy atom. The number of methoxy groups -OCH3 is 1. The molecule has 10 atom stereocenters. The number of ether oxygens (including phenoxy) is 1. The van der Waals surface area contributed by atoms with E-state index >= 15 is 0 Å². The first-order valence-electron chi connectivity index (χ1n) is 23.0. The fraction of sp³-hybridized carbons (Fsp3) is 0.542. The maximum absolute atomic E-state index is 14.2. The molecule has 22 heteroatoms. The largest absolute Gasteiger partial charge is 0.480 e. The number of aliphatic carboxylic acids is 2. The Morgan fingerprint density at radius 2 is 1.49 bits per heavy atom. The lowest BCUT2D eigenvalue weighted by Crippen LogP contribution is -2.59. The Balaban J connectivity index is 2.66. The molecular weight excluding hydrogens is 909 g/mol. The lowest BCUT2D eigenvalue weighted by molar-refractivity contribution is -0.146. The third kappa shape index (κ3) is 18.8. The average Bonchev–Trinajstić information content (AvgIpc) is 3.30. The third-order valence-electron chi connectivity index (χ3n) is 11.9. The molecule has 7 amide bonds. The van der Waals surface area contributed by atoms with E-state index < -0.39 is 126 Å². The summed E-state index contributed by atoms with van der Waals surface area (Å²) in [5.74, 6) is -13.0. The van der Waals surface area contributed by atoms with Crippen LogP contribution in [-0.2, 0) is 54.3 Å². The molecule has 1 saturated heterocycles. The van der Waals surface area contributed by atoms with Gasteiger partial charge in [-0.3, -0.25) is 38.6 Å². The number of nitrogens with two attached hydrogens (primary N) is 2. The molecule has 22 nitrogen and oxygen atoms in total. The number of carboxylic acids is 2. The molecule has 0 spiro atoms. The lowest BCUT2D eigenvalue weighted by atomic mass is 9.94. The van der Waals surface area contributed by atoms with Crippen LogP contribution in [-0.4, -0.2) is 137 Å². The molecule has 70 heavy (non-hydrogen) atoms. The van der Waals surface area contributed by atoms with E-state index in [4.69, 9.17) is 16.2 Å². The number of likely N-dealkylation sites (N-methyl/N-ethyl adjacent to an activating group) is 1. The van der Waals surface area contributed by atoms with E-state index in [9.17, 15) is 53.4 Å². The highest BCUT2D eigenvalue weighted by atomic mass is 16.5. The van der Waals surface area contributed by atoms with Crippen molar-refractivity contribution in [1.82, 2.24) is 36.8 Å². The number of hydrogen-bond donors (Lipinski definition) is 10. The van der Waals surface area contributed by atoms with E-state index in [2.05, 4.69) is 43.5 Å². The van der Waals surface area contributed by atoms with Crippen LogP contribution in [0, 0.1) is 23.7 Å². The van der Waals surface area contributed by atoms with E-state index in [0.29, 0.717) is 6.42 Å². The fourth-order valence-electron chi connectivity index (χ4n) is 7.26. The molecular formula is C48H72N10O12. The van der Waals surface area contributed by atoms with Crippen molar-refractivity contribution < 1.29 is 58.1 Å². The number of nitrogens with one attached hydrogen (secondary N) is 6. The number of guanidine groups is 1. The number of allylic oxidation sites excluding steroid dienone is 2. The molecule has 0 radical (unpaired) electrons. The minimum absolute atomic E-state index is 0.0145. The summed E-state index contributed by atoms with van der Waals surface area (Å²) in [5.41, 5.74) is 12.2. The van der Waals surface area contributed by atoms with Gasteiger partial charge in [-0.25, -0.2) is 9.59 Å². The van der Waals surface area contributed by atoms with E-state index in [1.54, 1.807) is 33.1 Å². The van der Waals surface area contributed by atoms with Crippen LogP contribution in [0.5, 0.6) is 0 Å². The van der Waals surface area contributed by atoms with E-state index in [0.717, 1.165) is 16.0 Å². The molecule has 1 aliphatic rings. The first-order valence-corrected chi connectivity index (χ1v) is 23.0. The number of rotatable bonds is 14. The number of aliphatic imine (C=N–C) groups is 1. The maximum Gasteiger partial charge on any atom is 0.327 e. The standard InChI is InChI=1S/C48H72N10O12/c1-25(2)38-45(65)53-33(19-18-26(3)23-27(4)36(70-10)24-32-15-12-11-13-16-32)28(5)40(60)55-35(46(66)67)20-21-37(59)58(9)31(8)43(63)52-30(7)42(62)54-34(17-14-22-51-48(49)50)44(64)57-39(47(68)69)29(6)41(61)56-38/h11-13,15-16,18-19,23,25,27-30,33-36,38-39H,8,14,17,20-22,24H2,1-7,9-10H3,(H,52,63)(H,53,65)(H,54,62)(H,55,60)(H,56,61)(H,57,64)(H,66,67)(H,68,69)(H4,49,50,51)/b19-18+,26-23+/t27-,28-,29-,30+,33-,34-,35+,36-,38-,39+/m0/s1. The summed E-state index contributed by atoms with van der Waals surface area (Å²) >= 11 is 0. The monoisotopic (exact) mass is 981 g/mol. The third-order valence-corrected chi connectivity index (χ3v) is 11.9. The lowest BCUT2D eigenvalue weighted by Gasteiger charge is -2.29. The van der Waals surface area contributed by atoms with Gasteiger partial charge in [0.05, 0.1) is 24.0 Å². The molecule has 386 valence electrons. The molecule has 1 aromatic carbocycles. The van der Waals surface area contributed by atoms with Crippen LogP contribution in [0.2, 0.25) is 0 Å². The predicted molar refractivity (Wildman–Crippen MR) is 260 cm³/mol. The maximum atomic E-state index is 14.2. The first kappa shape index (κ1) is 59.0. The van der Waals surface area contributed by atoms with Crippen molar-refractivity contribution in [2.24, 2.45) is 40.1 Å². The zero-order valence-electron chi connectivity index (χ0n) is 41.4. The van der Waals surface area contributed by atoms with Gasteiger partial charge in [-0.1, -0.05) is 95.3 Å². The summed E-state index contributed by atoms with van der Waals surface area (Å²) in [6.45, 7) is 14.6. The van der Waals surface area contributed by atoms with Crippen LogP contribution in [0.25, 0.3) is 0 Å². The summed E-state index contributed by atoms with van der Waals surface area (Å²) in [5, 5.41) is 35.3. The van der Waals surface area contributed by atoms with Crippen LogP contribution in [0.15, 0.2) is 71.4 Å². The Bertz CT molecular complexity index is 2140. The Hall–Kier alpha value is -7.10. The summed E-state index contributed by atoms with van der Waals surface area (Å²) < 4.78 is 5.80. The first-order chi connectivity index (χ1) is 32.8. The Kier molecular flexibility index (Phi) is 24.0. The highest BCUT2D eigenvalue weighted by molar-refractivity contribution is 6.00. The van der Waals surface area contributed by atoms with Gasteiger partial charge in [0.2, 0.25) is 35.4 Å². The summed E-state index contributed by atoms with van der Waals surface area (Å²) in [4.78, 5) is 125. The molecule has 0 aliphatic carbocycles. The number of carboxylic acid groups (broad SMARTS) is 2. The van der Waals surface area contributed by atoms with Crippen molar-refractivity contribution in [2.75, 3.05) is 20.7 Å². The number of benzene rings is 1. The second kappa shape index (κ2) is 28.4. The second-order valence-electron chi connectivity index (χ2n) is 17.8. The van der Waals surface area contributed by atoms with E-state index in [-0.39, 0.29) is 37.4 Å². The minimum atomic E-state index is -1.90. The second-order valence-corrected chi connectivity index (χ2v) is 17.8. The normalized spacial score (nSPS) is 25.5. The molecule has 0 aromatic heterocycles. The minimum Gasteiger partial charge on any atom is -0.480 e. The zero-order chi connectivity index (χ0) is 53.0. The Labute approximate surface area is 408 Å². The molecule has 0 saturated carbocycles. The molecule has 0 unspecified atom stereocenters. The summed E-state index contributed by atoms with van der Waals surface area (Å²) in [6.07, 6.45) is 4.65. The zero-order valence-corrected chi connectivity index (χ0v) is 41.4. The van der Waals surface area contributed by atoms with E-state index in [1.807, 2.05) is 50.3 Å². The van der Waals surface area contributed by atoms with Gasteiger partial charge in [-0.15, -0.1) is 0 Å². The molecule has 0 bridgehead atoms. The van der Waals surface area contributed by atoms with Crippen LogP contribution in [0.1, 0.15) is 79.7 Å². The smallest absolute Gasteiger partial charge is 0.327 e. The van der Waals surface area contributed by atoms with Gasteiger partial charge in [0, 0.05) is 33.0 Å².